The number of ether oxygens (including phenoxy) is 1. The van der Waals surface area contributed by atoms with Crippen LogP contribution < -0.4 is 5.73 Å². The van der Waals surface area contributed by atoms with Crippen molar-refractivity contribution in [2.45, 2.75) is 57.8 Å². The lowest BCUT2D eigenvalue weighted by molar-refractivity contribution is 0.146. The maximum atomic E-state index is 6.02. The van der Waals surface area contributed by atoms with Gasteiger partial charge in [0.1, 0.15) is 0 Å². The molecule has 1 aromatic carbocycles. The van der Waals surface area contributed by atoms with Gasteiger partial charge in [0.2, 0.25) is 0 Å². The highest BCUT2D eigenvalue weighted by molar-refractivity contribution is 5.26. The summed E-state index contributed by atoms with van der Waals surface area (Å²) in [6, 6.07) is 9.73. The smallest absolute Gasteiger partial charge is 0.0716 e. The predicted octanol–water partition coefficient (Wildman–Crippen LogP) is 2.92. The number of hydrogen-bond donors (Lipinski definition) is 1. The maximum absolute atomic E-state index is 6.02. The lowest BCUT2D eigenvalue weighted by atomic mass is 9.90. The topological polar surface area (TPSA) is 38.5 Å². The van der Waals surface area contributed by atoms with Gasteiger partial charge in [-0.25, -0.2) is 0 Å². The van der Waals surface area contributed by atoms with Gasteiger partial charge in [-0.15, -0.1) is 0 Å². The summed E-state index contributed by atoms with van der Waals surface area (Å²) in [7, 11) is 1.76. The van der Waals surface area contributed by atoms with E-state index >= 15 is 0 Å². The van der Waals surface area contributed by atoms with Crippen molar-refractivity contribution in [1.29, 1.82) is 0 Å². The van der Waals surface area contributed by atoms with Gasteiger partial charge >= 0.3 is 0 Å². The van der Waals surface area contributed by atoms with Crippen LogP contribution in [0.15, 0.2) is 24.3 Å². The number of benzene rings is 1. The average Bonchev–Trinajstić information content (AvgIpc) is 2.48. The first kappa shape index (κ1) is 15.5. The summed E-state index contributed by atoms with van der Waals surface area (Å²) in [6.45, 7) is 5.08. The van der Waals surface area contributed by atoms with Gasteiger partial charge in [-0.05, 0) is 43.4 Å². The van der Waals surface area contributed by atoms with Gasteiger partial charge in [0.25, 0.3) is 0 Å². The Morgan fingerprint density at radius 2 is 1.80 bits per heavy atom. The number of rotatable bonds is 6. The fourth-order valence-corrected chi connectivity index (χ4v) is 3.19. The van der Waals surface area contributed by atoms with Gasteiger partial charge in [0.05, 0.1) is 6.61 Å². The fourth-order valence-electron chi connectivity index (χ4n) is 3.19. The zero-order valence-corrected chi connectivity index (χ0v) is 12.8. The maximum Gasteiger partial charge on any atom is 0.0716 e. The minimum absolute atomic E-state index is 0.422. The van der Waals surface area contributed by atoms with Crippen LogP contribution in [0.5, 0.6) is 0 Å². The van der Waals surface area contributed by atoms with Crippen LogP contribution >= 0.6 is 0 Å². The van der Waals surface area contributed by atoms with Crippen molar-refractivity contribution >= 4 is 0 Å². The number of nitrogens with zero attached hydrogens (tertiary/aromatic N) is 1. The highest BCUT2D eigenvalue weighted by Gasteiger charge is 2.23. The Morgan fingerprint density at radius 3 is 2.40 bits per heavy atom. The molecule has 0 heterocycles. The quantitative estimate of drug-likeness (QED) is 0.868. The molecule has 0 atom stereocenters. The van der Waals surface area contributed by atoms with E-state index in [0.717, 1.165) is 13.1 Å². The molecule has 1 saturated carbocycles. The van der Waals surface area contributed by atoms with E-state index in [1.807, 2.05) is 0 Å². The molecule has 0 unspecified atom stereocenters. The number of nitrogens with two attached hydrogens (primary N) is 1. The second kappa shape index (κ2) is 7.77. The molecule has 0 spiro atoms. The SMILES string of the molecule is CCN(Cc1ccccc1COC)C1CCC(N)CC1. The zero-order chi connectivity index (χ0) is 14.4. The standard InChI is InChI=1S/C17H28N2O/c1-3-19(17-10-8-16(18)9-11-17)12-14-6-4-5-7-15(14)13-20-2/h4-7,16-17H,3,8-13,18H2,1-2H3. The van der Waals surface area contributed by atoms with Crippen LogP contribution in [0.2, 0.25) is 0 Å². The van der Waals surface area contributed by atoms with Crippen LogP contribution in [0.25, 0.3) is 0 Å². The Labute approximate surface area is 123 Å². The molecule has 20 heavy (non-hydrogen) atoms. The summed E-state index contributed by atoms with van der Waals surface area (Å²) in [4.78, 5) is 2.60. The molecule has 0 radical (unpaired) electrons. The third-order valence-corrected chi connectivity index (χ3v) is 4.46. The van der Waals surface area contributed by atoms with Crippen LogP contribution in [-0.2, 0) is 17.9 Å². The monoisotopic (exact) mass is 276 g/mol. The second-order valence-electron chi connectivity index (χ2n) is 5.83. The molecule has 1 aliphatic carbocycles. The summed E-state index contributed by atoms with van der Waals surface area (Å²) >= 11 is 0. The summed E-state index contributed by atoms with van der Waals surface area (Å²) in [6.07, 6.45) is 4.81. The van der Waals surface area contributed by atoms with Gasteiger partial charge in [-0.1, -0.05) is 31.2 Å². The zero-order valence-electron chi connectivity index (χ0n) is 12.8. The highest BCUT2D eigenvalue weighted by Crippen LogP contribution is 2.24. The van der Waals surface area contributed by atoms with Crippen molar-refractivity contribution in [1.82, 2.24) is 4.90 Å². The first-order valence-electron chi connectivity index (χ1n) is 7.80. The third-order valence-electron chi connectivity index (χ3n) is 4.46. The van der Waals surface area contributed by atoms with E-state index in [9.17, 15) is 0 Å². The van der Waals surface area contributed by atoms with Crippen molar-refractivity contribution in [3.63, 3.8) is 0 Å². The Hall–Kier alpha value is -0.900. The van der Waals surface area contributed by atoms with Gasteiger partial charge < -0.3 is 10.5 Å². The van der Waals surface area contributed by atoms with E-state index in [-0.39, 0.29) is 0 Å². The molecular weight excluding hydrogens is 248 g/mol. The molecule has 1 fully saturated rings. The first-order valence-corrected chi connectivity index (χ1v) is 7.80. The van der Waals surface area contributed by atoms with Gasteiger partial charge in [-0.2, -0.15) is 0 Å². The number of hydrogen-bond acceptors (Lipinski definition) is 3. The van der Waals surface area contributed by atoms with E-state index in [1.54, 1.807) is 7.11 Å². The molecule has 112 valence electrons. The summed E-state index contributed by atoms with van der Waals surface area (Å²) in [5.74, 6) is 0. The van der Waals surface area contributed by atoms with Gasteiger partial charge in [0.15, 0.2) is 0 Å². The van der Waals surface area contributed by atoms with Crippen LogP contribution in [0, 0.1) is 0 Å². The molecule has 3 heteroatoms. The molecule has 2 N–H and O–H groups in total. The van der Waals surface area contributed by atoms with Crippen LogP contribution in [0.4, 0.5) is 0 Å². The largest absolute Gasteiger partial charge is 0.380 e. The third kappa shape index (κ3) is 4.05. The first-order chi connectivity index (χ1) is 9.74. The van der Waals surface area contributed by atoms with Crippen LogP contribution in [0.3, 0.4) is 0 Å². The second-order valence-corrected chi connectivity index (χ2v) is 5.83. The van der Waals surface area contributed by atoms with Crippen molar-refractivity contribution in [3.05, 3.63) is 35.4 Å². The van der Waals surface area contributed by atoms with Crippen molar-refractivity contribution < 1.29 is 4.74 Å². The highest BCUT2D eigenvalue weighted by atomic mass is 16.5. The van der Waals surface area contributed by atoms with Crippen molar-refractivity contribution in [2.24, 2.45) is 5.73 Å². The van der Waals surface area contributed by atoms with E-state index < -0.39 is 0 Å². The molecule has 3 nitrogen and oxygen atoms in total. The van der Waals surface area contributed by atoms with E-state index in [0.29, 0.717) is 18.7 Å². The molecule has 0 bridgehead atoms. The Kier molecular flexibility index (Phi) is 6.02. The van der Waals surface area contributed by atoms with Crippen molar-refractivity contribution in [2.75, 3.05) is 13.7 Å². The molecule has 0 amide bonds. The Bertz CT molecular complexity index is 400. The normalized spacial score (nSPS) is 23.2. The minimum Gasteiger partial charge on any atom is -0.380 e. The van der Waals surface area contributed by atoms with Crippen molar-refractivity contribution in [3.8, 4) is 0 Å². The molecule has 0 aliphatic heterocycles. The lowest BCUT2D eigenvalue weighted by Crippen LogP contribution is -2.40. The van der Waals surface area contributed by atoms with Crippen LogP contribution in [-0.4, -0.2) is 30.6 Å². The molecule has 1 aliphatic rings. The molecular formula is C17H28N2O. The lowest BCUT2D eigenvalue weighted by Gasteiger charge is -2.35. The predicted molar refractivity (Wildman–Crippen MR) is 83.5 cm³/mol. The molecule has 2 rings (SSSR count). The van der Waals surface area contributed by atoms with E-state index in [1.165, 1.54) is 36.8 Å². The van der Waals surface area contributed by atoms with Gasteiger partial charge in [0, 0.05) is 25.7 Å². The Balaban J connectivity index is 2.02. The molecule has 0 saturated heterocycles. The van der Waals surface area contributed by atoms with E-state index in [2.05, 4.69) is 36.1 Å². The molecule has 0 aromatic heterocycles. The summed E-state index contributed by atoms with van der Waals surface area (Å²) in [5.41, 5.74) is 8.72. The molecule has 1 aromatic rings. The summed E-state index contributed by atoms with van der Waals surface area (Å²) < 4.78 is 5.31. The number of methoxy groups -OCH3 is 1. The summed E-state index contributed by atoms with van der Waals surface area (Å²) in [5, 5.41) is 0. The Morgan fingerprint density at radius 1 is 1.15 bits per heavy atom. The van der Waals surface area contributed by atoms with Gasteiger partial charge in [-0.3, -0.25) is 4.90 Å². The minimum atomic E-state index is 0.422. The van der Waals surface area contributed by atoms with Crippen LogP contribution in [0.1, 0.15) is 43.7 Å². The van der Waals surface area contributed by atoms with E-state index in [4.69, 9.17) is 10.5 Å². The average molecular weight is 276 g/mol. The fraction of sp³-hybridized carbons (Fsp3) is 0.647.